The highest BCUT2D eigenvalue weighted by atomic mass is 16.5. The zero-order valence-electron chi connectivity index (χ0n) is 10.9. The molecule has 16 heavy (non-hydrogen) atoms. The lowest BCUT2D eigenvalue weighted by Gasteiger charge is -2.34. The van der Waals surface area contributed by atoms with E-state index in [1.54, 1.807) is 7.11 Å². The average molecular weight is 227 g/mol. The molecule has 0 spiro atoms. The highest BCUT2D eigenvalue weighted by molar-refractivity contribution is 5.79. The fraction of sp³-hybridized carbons (Fsp3) is 0.923. The van der Waals surface area contributed by atoms with E-state index >= 15 is 0 Å². The molecule has 1 saturated carbocycles. The van der Waals surface area contributed by atoms with Gasteiger partial charge < -0.3 is 4.74 Å². The van der Waals surface area contributed by atoms with E-state index in [0.29, 0.717) is 17.7 Å². The van der Waals surface area contributed by atoms with Crippen molar-refractivity contribution in [3.8, 4) is 0 Å². The summed E-state index contributed by atoms with van der Waals surface area (Å²) in [6.45, 7) is 7.24. The largest absolute Gasteiger partial charge is 0.383 e. The molecule has 0 amide bonds. The number of carbonyl (C=O) groups is 1. The Morgan fingerprint density at radius 2 is 2.25 bits per heavy atom. The molecule has 1 fully saturated rings. The Balaban J connectivity index is 2.48. The van der Waals surface area contributed by atoms with Crippen LogP contribution in [-0.4, -0.2) is 43.5 Å². The summed E-state index contributed by atoms with van der Waals surface area (Å²) in [7, 11) is 1.74. The first-order valence-corrected chi connectivity index (χ1v) is 6.38. The molecule has 3 heteroatoms. The summed E-state index contributed by atoms with van der Waals surface area (Å²) in [6, 6.07) is 0.457. The molecule has 94 valence electrons. The summed E-state index contributed by atoms with van der Waals surface area (Å²) in [5, 5.41) is 0. The second-order valence-electron chi connectivity index (χ2n) is 5.17. The summed E-state index contributed by atoms with van der Waals surface area (Å²) < 4.78 is 5.14. The highest BCUT2D eigenvalue weighted by Gasteiger charge is 2.25. The molecule has 0 bridgehead atoms. The second kappa shape index (κ2) is 7.02. The van der Waals surface area contributed by atoms with Crippen LogP contribution in [0.5, 0.6) is 0 Å². The van der Waals surface area contributed by atoms with Crippen molar-refractivity contribution in [2.45, 2.75) is 45.6 Å². The van der Waals surface area contributed by atoms with Crippen molar-refractivity contribution >= 4 is 5.78 Å². The van der Waals surface area contributed by atoms with Gasteiger partial charge in [-0.05, 0) is 18.8 Å². The molecule has 1 atom stereocenters. The van der Waals surface area contributed by atoms with Gasteiger partial charge in [-0.15, -0.1) is 0 Å². The number of Topliss-reactive ketones (excluding diaryl/α,β-unsaturated/α-hetero) is 1. The van der Waals surface area contributed by atoms with E-state index in [0.717, 1.165) is 39.0 Å². The maximum Gasteiger partial charge on any atom is 0.134 e. The number of carbonyl (C=O) groups excluding carboxylic acids is 1. The molecule has 0 aromatic heterocycles. The number of hydrogen-bond donors (Lipinski definition) is 0. The van der Waals surface area contributed by atoms with Crippen molar-refractivity contribution in [2.24, 2.45) is 5.92 Å². The fourth-order valence-corrected chi connectivity index (χ4v) is 2.41. The van der Waals surface area contributed by atoms with Gasteiger partial charge in [-0.2, -0.15) is 0 Å². The van der Waals surface area contributed by atoms with E-state index in [9.17, 15) is 4.79 Å². The summed E-state index contributed by atoms with van der Waals surface area (Å²) in [4.78, 5) is 13.9. The van der Waals surface area contributed by atoms with Gasteiger partial charge in [-0.3, -0.25) is 9.69 Å². The molecule has 1 aliphatic rings. The Morgan fingerprint density at radius 3 is 2.81 bits per heavy atom. The second-order valence-corrected chi connectivity index (χ2v) is 5.17. The van der Waals surface area contributed by atoms with Crippen LogP contribution in [0, 0.1) is 5.92 Å². The predicted molar refractivity (Wildman–Crippen MR) is 65.6 cm³/mol. The van der Waals surface area contributed by atoms with Gasteiger partial charge in [0.25, 0.3) is 0 Å². The van der Waals surface area contributed by atoms with Crippen LogP contribution < -0.4 is 0 Å². The Kier molecular flexibility index (Phi) is 5.99. The Labute approximate surface area is 99.1 Å². The van der Waals surface area contributed by atoms with E-state index in [2.05, 4.69) is 18.7 Å². The van der Waals surface area contributed by atoms with Crippen molar-refractivity contribution < 1.29 is 9.53 Å². The average Bonchev–Trinajstić information content (AvgIpc) is 2.23. The third kappa shape index (κ3) is 4.62. The van der Waals surface area contributed by atoms with Gasteiger partial charge in [0.1, 0.15) is 5.78 Å². The number of rotatable bonds is 6. The molecule has 0 aliphatic heterocycles. The monoisotopic (exact) mass is 227 g/mol. The lowest BCUT2D eigenvalue weighted by molar-refractivity contribution is -0.122. The number of ether oxygens (including phenoxy) is 1. The maximum absolute atomic E-state index is 11.5. The first-order chi connectivity index (χ1) is 7.63. The minimum atomic E-state index is 0.433. The van der Waals surface area contributed by atoms with Crippen LogP contribution in [-0.2, 0) is 9.53 Å². The third-order valence-electron chi connectivity index (χ3n) is 3.15. The van der Waals surface area contributed by atoms with Gasteiger partial charge in [0.05, 0.1) is 6.61 Å². The van der Waals surface area contributed by atoms with E-state index in [1.807, 2.05) is 0 Å². The lowest BCUT2D eigenvalue weighted by Crippen LogP contribution is -2.42. The molecule has 0 radical (unpaired) electrons. The maximum atomic E-state index is 11.5. The minimum Gasteiger partial charge on any atom is -0.383 e. The van der Waals surface area contributed by atoms with Crippen molar-refractivity contribution in [3.05, 3.63) is 0 Å². The van der Waals surface area contributed by atoms with Crippen molar-refractivity contribution in [1.82, 2.24) is 4.90 Å². The van der Waals surface area contributed by atoms with Gasteiger partial charge in [-0.1, -0.05) is 13.8 Å². The highest BCUT2D eigenvalue weighted by Crippen LogP contribution is 2.21. The van der Waals surface area contributed by atoms with E-state index in [1.165, 1.54) is 6.42 Å². The zero-order valence-corrected chi connectivity index (χ0v) is 10.9. The quantitative estimate of drug-likeness (QED) is 0.696. The number of nitrogens with zero attached hydrogens (tertiary/aromatic N) is 1. The number of ketones is 1. The first-order valence-electron chi connectivity index (χ1n) is 6.38. The van der Waals surface area contributed by atoms with Crippen LogP contribution in [0.1, 0.15) is 39.5 Å². The Morgan fingerprint density at radius 1 is 1.50 bits per heavy atom. The smallest absolute Gasteiger partial charge is 0.134 e. The van der Waals surface area contributed by atoms with Crippen LogP contribution in [0.4, 0.5) is 0 Å². The van der Waals surface area contributed by atoms with E-state index < -0.39 is 0 Å². The molecular weight excluding hydrogens is 202 g/mol. The standard InChI is InChI=1S/C13H25NO2/c1-11(2)10-14(7-8-16-3)12-5-4-6-13(15)9-12/h11-12H,4-10H2,1-3H3. The SMILES string of the molecule is COCCN(CC(C)C)C1CCCC(=O)C1. The Bertz CT molecular complexity index is 216. The minimum absolute atomic E-state index is 0.433. The summed E-state index contributed by atoms with van der Waals surface area (Å²) in [5.41, 5.74) is 0. The van der Waals surface area contributed by atoms with Crippen LogP contribution in [0.3, 0.4) is 0 Å². The number of hydrogen-bond acceptors (Lipinski definition) is 3. The predicted octanol–water partition coefficient (Wildman–Crippen LogP) is 2.10. The lowest BCUT2D eigenvalue weighted by atomic mass is 9.92. The van der Waals surface area contributed by atoms with Crippen LogP contribution in [0.25, 0.3) is 0 Å². The normalized spacial score (nSPS) is 22.1. The molecule has 1 unspecified atom stereocenters. The summed E-state index contributed by atoms with van der Waals surface area (Å²) >= 11 is 0. The van der Waals surface area contributed by atoms with Gasteiger partial charge in [-0.25, -0.2) is 0 Å². The molecule has 0 N–H and O–H groups in total. The molecular formula is C13H25NO2. The van der Waals surface area contributed by atoms with Gasteiger partial charge in [0.15, 0.2) is 0 Å². The van der Waals surface area contributed by atoms with Crippen LogP contribution >= 0.6 is 0 Å². The van der Waals surface area contributed by atoms with Crippen molar-refractivity contribution in [3.63, 3.8) is 0 Å². The zero-order chi connectivity index (χ0) is 12.0. The first kappa shape index (κ1) is 13.7. The third-order valence-corrected chi connectivity index (χ3v) is 3.15. The van der Waals surface area contributed by atoms with Crippen LogP contribution in [0.2, 0.25) is 0 Å². The van der Waals surface area contributed by atoms with Gasteiger partial charge >= 0.3 is 0 Å². The van der Waals surface area contributed by atoms with Crippen LogP contribution in [0.15, 0.2) is 0 Å². The van der Waals surface area contributed by atoms with Crippen molar-refractivity contribution in [2.75, 3.05) is 26.8 Å². The molecule has 3 nitrogen and oxygen atoms in total. The molecule has 0 saturated heterocycles. The van der Waals surface area contributed by atoms with E-state index in [4.69, 9.17) is 4.74 Å². The summed E-state index contributed by atoms with van der Waals surface area (Å²) in [6.07, 6.45) is 3.76. The van der Waals surface area contributed by atoms with E-state index in [-0.39, 0.29) is 0 Å². The Hall–Kier alpha value is -0.410. The van der Waals surface area contributed by atoms with Crippen molar-refractivity contribution in [1.29, 1.82) is 0 Å². The summed E-state index contributed by atoms with van der Waals surface area (Å²) in [5.74, 6) is 1.08. The van der Waals surface area contributed by atoms with Gasteiger partial charge in [0, 0.05) is 39.1 Å². The topological polar surface area (TPSA) is 29.5 Å². The number of methoxy groups -OCH3 is 1. The molecule has 0 heterocycles. The molecule has 0 aromatic carbocycles. The van der Waals surface area contributed by atoms with Gasteiger partial charge in [0.2, 0.25) is 0 Å². The molecule has 1 aliphatic carbocycles. The fourth-order valence-electron chi connectivity index (χ4n) is 2.41. The molecule has 0 aromatic rings. The molecule has 1 rings (SSSR count).